The third-order valence-electron chi connectivity index (χ3n) is 1.88. The van der Waals surface area contributed by atoms with Crippen LogP contribution < -0.4 is 5.32 Å². The van der Waals surface area contributed by atoms with E-state index in [0.717, 1.165) is 24.3 Å². The zero-order valence-electron chi connectivity index (χ0n) is 8.54. The molecular formula is C10H8N2O5. The lowest BCUT2D eigenvalue weighted by atomic mass is 10.1. The van der Waals surface area contributed by atoms with E-state index in [2.05, 4.69) is 11.9 Å². The molecule has 0 aromatic heterocycles. The molecule has 0 radical (unpaired) electrons. The van der Waals surface area contributed by atoms with Crippen LogP contribution in [0.5, 0.6) is 0 Å². The lowest BCUT2D eigenvalue weighted by Crippen LogP contribution is -2.10. The summed E-state index contributed by atoms with van der Waals surface area (Å²) in [6, 6.07) is 3.19. The van der Waals surface area contributed by atoms with Gasteiger partial charge < -0.3 is 10.4 Å². The Balaban J connectivity index is 3.22. The van der Waals surface area contributed by atoms with E-state index in [-0.39, 0.29) is 11.3 Å². The fourth-order valence-electron chi connectivity index (χ4n) is 1.11. The minimum Gasteiger partial charge on any atom is -0.478 e. The summed E-state index contributed by atoms with van der Waals surface area (Å²) in [5.74, 6) is -1.90. The van der Waals surface area contributed by atoms with E-state index in [9.17, 15) is 19.7 Å². The number of nitro benzene ring substituents is 1. The molecule has 0 aliphatic heterocycles. The van der Waals surface area contributed by atoms with Crippen molar-refractivity contribution in [2.24, 2.45) is 0 Å². The molecule has 2 N–H and O–H groups in total. The molecule has 0 aliphatic rings. The smallest absolute Gasteiger partial charge is 0.335 e. The largest absolute Gasteiger partial charge is 0.478 e. The topological polar surface area (TPSA) is 110 Å². The number of benzene rings is 1. The lowest BCUT2D eigenvalue weighted by Gasteiger charge is -2.04. The number of nitrogens with one attached hydrogen (secondary N) is 1. The molecule has 0 fully saturated rings. The van der Waals surface area contributed by atoms with Crippen molar-refractivity contribution in [3.05, 3.63) is 46.5 Å². The maximum absolute atomic E-state index is 11.0. The minimum absolute atomic E-state index is 0.0788. The van der Waals surface area contributed by atoms with Gasteiger partial charge in [0.05, 0.1) is 10.5 Å². The summed E-state index contributed by atoms with van der Waals surface area (Å²) < 4.78 is 0. The van der Waals surface area contributed by atoms with Gasteiger partial charge in [-0.1, -0.05) is 6.58 Å². The van der Waals surface area contributed by atoms with Crippen LogP contribution >= 0.6 is 0 Å². The van der Waals surface area contributed by atoms with Crippen molar-refractivity contribution in [1.82, 2.24) is 0 Å². The first-order valence-electron chi connectivity index (χ1n) is 4.41. The van der Waals surface area contributed by atoms with Gasteiger partial charge in [0.15, 0.2) is 0 Å². The van der Waals surface area contributed by atoms with Gasteiger partial charge in [-0.3, -0.25) is 14.9 Å². The Morgan fingerprint density at radius 2 is 2.12 bits per heavy atom. The van der Waals surface area contributed by atoms with Gasteiger partial charge in [0.25, 0.3) is 5.69 Å². The quantitative estimate of drug-likeness (QED) is 0.466. The van der Waals surface area contributed by atoms with Crippen LogP contribution in [0, 0.1) is 10.1 Å². The second kappa shape index (κ2) is 4.88. The van der Waals surface area contributed by atoms with Crippen molar-refractivity contribution >= 4 is 23.3 Å². The number of amides is 1. The van der Waals surface area contributed by atoms with Crippen LogP contribution in [0.25, 0.3) is 0 Å². The molecule has 0 saturated heterocycles. The van der Waals surface area contributed by atoms with Gasteiger partial charge in [-0.05, 0) is 18.2 Å². The first kappa shape index (κ1) is 12.4. The molecule has 0 spiro atoms. The van der Waals surface area contributed by atoms with Crippen molar-refractivity contribution in [2.45, 2.75) is 0 Å². The van der Waals surface area contributed by atoms with Crippen molar-refractivity contribution in [1.29, 1.82) is 0 Å². The van der Waals surface area contributed by atoms with Gasteiger partial charge in [0.1, 0.15) is 5.69 Å². The van der Waals surface area contributed by atoms with Gasteiger partial charge in [-0.25, -0.2) is 4.79 Å². The monoisotopic (exact) mass is 236 g/mol. The molecular weight excluding hydrogens is 228 g/mol. The van der Waals surface area contributed by atoms with Gasteiger partial charge in [-0.2, -0.15) is 0 Å². The van der Waals surface area contributed by atoms with Crippen LogP contribution in [-0.4, -0.2) is 21.9 Å². The number of hydrogen-bond donors (Lipinski definition) is 2. The molecule has 0 saturated carbocycles. The molecule has 0 unspecified atom stereocenters. The van der Waals surface area contributed by atoms with E-state index in [1.54, 1.807) is 0 Å². The van der Waals surface area contributed by atoms with E-state index in [0.29, 0.717) is 0 Å². The number of nitrogens with zero attached hydrogens (tertiary/aromatic N) is 1. The zero-order chi connectivity index (χ0) is 13.0. The lowest BCUT2D eigenvalue weighted by molar-refractivity contribution is -0.384. The Morgan fingerprint density at radius 3 is 2.59 bits per heavy atom. The highest BCUT2D eigenvalue weighted by molar-refractivity contribution is 6.01. The number of carboxylic acids is 1. The molecule has 1 rings (SSSR count). The summed E-state index contributed by atoms with van der Waals surface area (Å²) in [6.45, 7) is 3.20. The number of carboxylic acid groups (broad SMARTS) is 1. The average Bonchev–Trinajstić information content (AvgIpc) is 2.28. The van der Waals surface area contributed by atoms with Gasteiger partial charge >= 0.3 is 5.97 Å². The number of carbonyl (C=O) groups is 2. The Bertz CT molecular complexity index is 509. The summed E-state index contributed by atoms with van der Waals surface area (Å²) in [5, 5.41) is 21.6. The number of aromatic carboxylic acids is 1. The van der Waals surface area contributed by atoms with Crippen LogP contribution in [0.4, 0.5) is 11.4 Å². The minimum atomic E-state index is -1.28. The maximum Gasteiger partial charge on any atom is 0.335 e. The van der Waals surface area contributed by atoms with Crippen LogP contribution in [0.1, 0.15) is 10.4 Å². The van der Waals surface area contributed by atoms with Gasteiger partial charge in [0.2, 0.25) is 5.91 Å². The number of rotatable bonds is 4. The highest BCUT2D eigenvalue weighted by Gasteiger charge is 2.17. The summed E-state index contributed by atoms with van der Waals surface area (Å²) in [5.41, 5.74) is -0.793. The Hall–Kier alpha value is -2.70. The predicted octanol–water partition coefficient (Wildman–Crippen LogP) is 1.42. The third kappa shape index (κ3) is 2.88. The zero-order valence-corrected chi connectivity index (χ0v) is 8.54. The molecule has 0 heterocycles. The Morgan fingerprint density at radius 1 is 1.47 bits per heavy atom. The van der Waals surface area contributed by atoms with Gasteiger partial charge in [-0.15, -0.1) is 0 Å². The van der Waals surface area contributed by atoms with E-state index in [4.69, 9.17) is 5.11 Å². The van der Waals surface area contributed by atoms with Gasteiger partial charge in [0, 0.05) is 6.07 Å². The molecule has 1 amide bonds. The SMILES string of the molecule is C=CC(=O)Nc1ccc(C(=O)O)cc1[N+](=O)[O-]. The summed E-state index contributed by atoms with van der Waals surface area (Å²) in [4.78, 5) is 31.6. The highest BCUT2D eigenvalue weighted by atomic mass is 16.6. The van der Waals surface area contributed by atoms with Crippen molar-refractivity contribution < 1.29 is 19.6 Å². The molecule has 7 heteroatoms. The normalized spacial score (nSPS) is 9.41. The number of anilines is 1. The Labute approximate surface area is 95.5 Å². The summed E-state index contributed by atoms with van der Waals surface area (Å²) >= 11 is 0. The standard InChI is InChI=1S/C10H8N2O5/c1-2-9(13)11-7-4-3-6(10(14)15)5-8(7)12(16)17/h2-5H,1H2,(H,11,13)(H,14,15). The number of hydrogen-bond acceptors (Lipinski definition) is 4. The molecule has 0 aliphatic carbocycles. The van der Waals surface area contributed by atoms with Crippen molar-refractivity contribution in [3.8, 4) is 0 Å². The van der Waals surface area contributed by atoms with Crippen LogP contribution in [0.15, 0.2) is 30.9 Å². The molecule has 1 aromatic rings. The molecule has 0 bridgehead atoms. The number of carbonyl (C=O) groups excluding carboxylic acids is 1. The molecule has 7 nitrogen and oxygen atoms in total. The summed E-state index contributed by atoms with van der Waals surface area (Å²) in [6.07, 6.45) is 0.953. The average molecular weight is 236 g/mol. The van der Waals surface area contributed by atoms with Crippen molar-refractivity contribution in [3.63, 3.8) is 0 Å². The second-order valence-corrected chi connectivity index (χ2v) is 2.99. The molecule has 0 atom stereocenters. The van der Waals surface area contributed by atoms with E-state index in [1.807, 2.05) is 0 Å². The van der Waals surface area contributed by atoms with Crippen LogP contribution in [0.3, 0.4) is 0 Å². The predicted molar refractivity (Wildman–Crippen MR) is 58.9 cm³/mol. The van der Waals surface area contributed by atoms with Crippen LogP contribution in [0.2, 0.25) is 0 Å². The third-order valence-corrected chi connectivity index (χ3v) is 1.88. The second-order valence-electron chi connectivity index (χ2n) is 2.99. The van der Waals surface area contributed by atoms with Crippen molar-refractivity contribution in [2.75, 3.05) is 5.32 Å². The van der Waals surface area contributed by atoms with E-state index in [1.165, 1.54) is 0 Å². The van der Waals surface area contributed by atoms with Crippen LogP contribution in [-0.2, 0) is 4.79 Å². The fraction of sp³-hybridized carbons (Fsp3) is 0. The first-order chi connectivity index (χ1) is 7.95. The summed E-state index contributed by atoms with van der Waals surface area (Å²) in [7, 11) is 0. The maximum atomic E-state index is 11.0. The highest BCUT2D eigenvalue weighted by Crippen LogP contribution is 2.25. The Kier molecular flexibility index (Phi) is 3.55. The fourth-order valence-corrected chi connectivity index (χ4v) is 1.11. The molecule has 17 heavy (non-hydrogen) atoms. The van der Waals surface area contributed by atoms with E-state index >= 15 is 0 Å². The van der Waals surface area contributed by atoms with E-state index < -0.39 is 22.5 Å². The molecule has 88 valence electrons. The number of nitro groups is 1. The molecule has 1 aromatic carbocycles. The first-order valence-corrected chi connectivity index (χ1v) is 4.41.